The number of hydrogen-bond acceptors (Lipinski definition) is 4. The Kier molecular flexibility index (Phi) is 2.94. The molecule has 0 radical (unpaired) electrons. The molecule has 0 bridgehead atoms. The van der Waals surface area contributed by atoms with E-state index in [1.54, 1.807) is 6.92 Å². The Hall–Kier alpha value is -1.95. The van der Waals surface area contributed by atoms with Crippen LogP contribution in [0.3, 0.4) is 0 Å². The molecule has 0 saturated heterocycles. The lowest BCUT2D eigenvalue weighted by Gasteiger charge is -1.89. The van der Waals surface area contributed by atoms with E-state index in [0.29, 0.717) is 5.01 Å². The Labute approximate surface area is 114 Å². The van der Waals surface area contributed by atoms with Crippen molar-refractivity contribution >= 4 is 29.5 Å². The molecule has 3 rings (SSSR count). The zero-order valence-electron chi connectivity index (χ0n) is 10.5. The minimum Gasteiger partial charge on any atom is -0.476 e. The van der Waals surface area contributed by atoms with Gasteiger partial charge >= 0.3 is 5.97 Å². The lowest BCUT2D eigenvalue weighted by molar-refractivity contribution is 0.0690. The summed E-state index contributed by atoms with van der Waals surface area (Å²) >= 11 is 1.38. The lowest BCUT2D eigenvalue weighted by Crippen LogP contribution is -1.98. The normalized spacial score (nSPS) is 14.2. The van der Waals surface area contributed by atoms with Crippen LogP contribution in [0.15, 0.2) is 6.07 Å². The number of aromatic nitrogens is 3. The molecule has 0 saturated carbocycles. The monoisotopic (exact) mass is 275 g/mol. The van der Waals surface area contributed by atoms with Gasteiger partial charge in [-0.25, -0.2) is 9.78 Å². The molecule has 1 N–H and O–H groups in total. The molecule has 1 aliphatic heterocycles. The van der Waals surface area contributed by atoms with Gasteiger partial charge in [-0.3, -0.25) is 4.68 Å². The average molecular weight is 275 g/mol. The number of hydrogen-bond donors (Lipinski definition) is 1. The van der Waals surface area contributed by atoms with E-state index >= 15 is 0 Å². The van der Waals surface area contributed by atoms with Gasteiger partial charge in [0.1, 0.15) is 5.01 Å². The maximum Gasteiger partial charge on any atom is 0.355 e. The van der Waals surface area contributed by atoms with E-state index in [1.165, 1.54) is 23.5 Å². The largest absolute Gasteiger partial charge is 0.476 e. The molecule has 1 aliphatic rings. The van der Waals surface area contributed by atoms with Crippen LogP contribution in [0.4, 0.5) is 0 Å². The second-order valence-corrected chi connectivity index (χ2v) is 5.72. The van der Waals surface area contributed by atoms with E-state index in [1.807, 2.05) is 16.8 Å². The number of rotatable bonds is 3. The molecule has 19 heavy (non-hydrogen) atoms. The van der Waals surface area contributed by atoms with Gasteiger partial charge in [0.15, 0.2) is 5.69 Å². The van der Waals surface area contributed by atoms with E-state index in [2.05, 4.69) is 16.1 Å². The molecule has 0 fully saturated rings. The maximum absolute atomic E-state index is 10.9. The molecule has 2 aromatic heterocycles. The van der Waals surface area contributed by atoms with E-state index in [9.17, 15) is 4.79 Å². The third-order valence-corrected chi connectivity index (χ3v) is 4.03. The van der Waals surface area contributed by atoms with Gasteiger partial charge in [0.25, 0.3) is 0 Å². The molecule has 2 aromatic rings. The van der Waals surface area contributed by atoms with Crippen molar-refractivity contribution in [2.24, 2.45) is 0 Å². The van der Waals surface area contributed by atoms with Gasteiger partial charge in [0, 0.05) is 17.1 Å². The average Bonchev–Trinajstić information content (AvgIpc) is 2.99. The first-order chi connectivity index (χ1) is 9.13. The Morgan fingerprint density at radius 3 is 3.05 bits per heavy atom. The Balaban J connectivity index is 1.82. The summed E-state index contributed by atoms with van der Waals surface area (Å²) in [4.78, 5) is 15.7. The number of thiazole rings is 1. The molecule has 0 spiro atoms. The molecule has 0 aliphatic carbocycles. The topological polar surface area (TPSA) is 68.0 Å². The van der Waals surface area contributed by atoms with Gasteiger partial charge in [-0.15, -0.1) is 11.3 Å². The van der Waals surface area contributed by atoms with Crippen LogP contribution in [-0.2, 0) is 13.0 Å². The second-order valence-electron chi connectivity index (χ2n) is 4.48. The van der Waals surface area contributed by atoms with Crippen molar-refractivity contribution in [2.75, 3.05) is 0 Å². The molecular weight excluding hydrogens is 262 g/mol. The molecule has 0 unspecified atom stereocenters. The van der Waals surface area contributed by atoms with Crippen LogP contribution in [0.2, 0.25) is 0 Å². The van der Waals surface area contributed by atoms with Gasteiger partial charge in [-0.1, -0.05) is 0 Å². The van der Waals surface area contributed by atoms with Crippen LogP contribution in [0, 0.1) is 6.92 Å². The SMILES string of the molecule is Cc1sc(/C=C/c2cc3n(n2)CCC3)nc1C(=O)O. The maximum atomic E-state index is 10.9. The summed E-state index contributed by atoms with van der Waals surface area (Å²) in [5.41, 5.74) is 2.30. The molecule has 6 heteroatoms. The highest BCUT2D eigenvalue weighted by Gasteiger charge is 2.14. The van der Waals surface area contributed by atoms with Crippen LogP contribution >= 0.6 is 11.3 Å². The van der Waals surface area contributed by atoms with Crippen molar-refractivity contribution in [3.63, 3.8) is 0 Å². The van der Waals surface area contributed by atoms with Gasteiger partial charge in [0.05, 0.1) is 5.69 Å². The van der Waals surface area contributed by atoms with Crippen LogP contribution < -0.4 is 0 Å². The number of aryl methyl sites for hydroxylation is 3. The van der Waals surface area contributed by atoms with Gasteiger partial charge < -0.3 is 5.11 Å². The van der Waals surface area contributed by atoms with Crippen molar-refractivity contribution < 1.29 is 9.90 Å². The van der Waals surface area contributed by atoms with Gasteiger partial charge in [0.2, 0.25) is 0 Å². The fourth-order valence-corrected chi connectivity index (χ4v) is 3.02. The van der Waals surface area contributed by atoms with Crippen molar-refractivity contribution in [2.45, 2.75) is 26.3 Å². The molecular formula is C13H13N3O2S. The predicted octanol–water partition coefficient (Wildman–Crippen LogP) is 2.46. The summed E-state index contributed by atoms with van der Waals surface area (Å²) in [5.74, 6) is -0.977. The number of carbonyl (C=O) groups is 1. The number of carboxylic acid groups (broad SMARTS) is 1. The number of nitrogens with zero attached hydrogens (tertiary/aromatic N) is 3. The Morgan fingerprint density at radius 2 is 2.37 bits per heavy atom. The zero-order valence-corrected chi connectivity index (χ0v) is 11.3. The summed E-state index contributed by atoms with van der Waals surface area (Å²) in [7, 11) is 0. The third-order valence-electron chi connectivity index (χ3n) is 3.10. The fraction of sp³-hybridized carbons (Fsp3) is 0.308. The van der Waals surface area contributed by atoms with E-state index in [0.717, 1.165) is 23.5 Å². The van der Waals surface area contributed by atoms with Crippen molar-refractivity contribution in [1.29, 1.82) is 0 Å². The third kappa shape index (κ3) is 2.31. The van der Waals surface area contributed by atoms with Gasteiger partial charge in [-0.2, -0.15) is 5.10 Å². The molecule has 3 heterocycles. The van der Waals surface area contributed by atoms with Crippen molar-refractivity contribution in [3.05, 3.63) is 33.0 Å². The molecule has 0 atom stereocenters. The molecule has 98 valence electrons. The molecule has 5 nitrogen and oxygen atoms in total. The minimum atomic E-state index is -0.977. The summed E-state index contributed by atoms with van der Waals surface area (Å²) in [6.07, 6.45) is 5.96. The Morgan fingerprint density at radius 1 is 1.53 bits per heavy atom. The smallest absolute Gasteiger partial charge is 0.355 e. The second kappa shape index (κ2) is 4.62. The van der Waals surface area contributed by atoms with Crippen molar-refractivity contribution in [3.8, 4) is 0 Å². The molecule has 0 aromatic carbocycles. The van der Waals surface area contributed by atoms with E-state index in [4.69, 9.17) is 5.11 Å². The van der Waals surface area contributed by atoms with Crippen LogP contribution in [0.5, 0.6) is 0 Å². The summed E-state index contributed by atoms with van der Waals surface area (Å²) in [6, 6.07) is 2.07. The summed E-state index contributed by atoms with van der Waals surface area (Å²) in [5, 5.41) is 14.1. The van der Waals surface area contributed by atoms with E-state index in [-0.39, 0.29) is 5.69 Å². The summed E-state index contributed by atoms with van der Waals surface area (Å²) in [6.45, 7) is 2.76. The highest BCUT2D eigenvalue weighted by atomic mass is 32.1. The standard InChI is InChI=1S/C13H13N3O2S/c1-8-12(13(17)18)14-11(19-8)5-4-9-7-10-3-2-6-16(10)15-9/h4-5,7H,2-3,6H2,1H3,(H,17,18)/b5-4+. The highest BCUT2D eigenvalue weighted by molar-refractivity contribution is 7.12. The number of carboxylic acids is 1. The first-order valence-electron chi connectivity index (χ1n) is 6.09. The van der Waals surface area contributed by atoms with E-state index < -0.39 is 5.97 Å². The summed E-state index contributed by atoms with van der Waals surface area (Å²) < 4.78 is 2.02. The van der Waals surface area contributed by atoms with Crippen LogP contribution in [0.25, 0.3) is 12.2 Å². The Bertz CT molecular complexity index is 648. The predicted molar refractivity (Wildman–Crippen MR) is 73.3 cm³/mol. The van der Waals surface area contributed by atoms with Crippen LogP contribution in [-0.4, -0.2) is 25.8 Å². The molecule has 0 amide bonds. The first-order valence-corrected chi connectivity index (χ1v) is 6.90. The zero-order chi connectivity index (χ0) is 13.4. The minimum absolute atomic E-state index is 0.136. The first kappa shape index (κ1) is 12.1. The lowest BCUT2D eigenvalue weighted by atomic mass is 10.2. The fourth-order valence-electron chi connectivity index (χ4n) is 2.21. The van der Waals surface area contributed by atoms with Crippen molar-refractivity contribution in [1.82, 2.24) is 14.8 Å². The van der Waals surface area contributed by atoms with Gasteiger partial charge in [-0.05, 0) is 38.0 Å². The number of aromatic carboxylic acids is 1. The quantitative estimate of drug-likeness (QED) is 0.934. The van der Waals surface area contributed by atoms with Crippen LogP contribution in [0.1, 0.15) is 38.2 Å². The highest BCUT2D eigenvalue weighted by Crippen LogP contribution is 2.21. The number of fused-ring (bicyclic) bond motifs is 1.